The minimum Gasteiger partial charge on any atom is -0.480 e. The van der Waals surface area contributed by atoms with Crippen LogP contribution in [0.1, 0.15) is 5.56 Å². The number of nitrogens with zero attached hydrogens (tertiary/aromatic N) is 1. The first-order chi connectivity index (χ1) is 8.59. The third kappa shape index (κ3) is 2.87. The molecule has 0 radical (unpaired) electrons. The summed E-state index contributed by atoms with van der Waals surface area (Å²) in [6.07, 6.45) is 0. The maximum Gasteiger partial charge on any atom is 0.323 e. The molecular formula is C12H12BrNO3S. The molecule has 0 aromatic heterocycles. The molecule has 0 bridgehead atoms. The molecule has 1 aliphatic heterocycles. The minimum absolute atomic E-state index is 0.103. The van der Waals surface area contributed by atoms with Crippen molar-refractivity contribution in [1.29, 1.82) is 0 Å². The SMILES string of the molecule is O=C(O)CN1C(=O)[C@H](Br)[C@H]1SCc1ccccc1. The van der Waals surface area contributed by atoms with Gasteiger partial charge in [-0.3, -0.25) is 9.59 Å². The van der Waals surface area contributed by atoms with Gasteiger partial charge in [0.05, 0.1) is 0 Å². The Morgan fingerprint density at radius 3 is 2.67 bits per heavy atom. The van der Waals surface area contributed by atoms with E-state index in [0.717, 1.165) is 11.3 Å². The molecule has 1 aliphatic rings. The van der Waals surface area contributed by atoms with Gasteiger partial charge in [0.2, 0.25) is 5.91 Å². The normalized spacial score (nSPS) is 22.7. The number of likely N-dealkylation sites (tertiary alicyclic amines) is 1. The fourth-order valence-corrected chi connectivity index (χ4v) is 3.93. The number of carbonyl (C=O) groups excluding carboxylic acids is 1. The number of rotatable bonds is 5. The van der Waals surface area contributed by atoms with E-state index in [-0.39, 0.29) is 22.7 Å². The summed E-state index contributed by atoms with van der Waals surface area (Å²) in [5, 5.41) is 8.63. The number of halogens is 1. The van der Waals surface area contributed by atoms with Gasteiger partial charge in [-0.25, -0.2) is 0 Å². The summed E-state index contributed by atoms with van der Waals surface area (Å²) in [4.78, 5) is 23.3. The molecule has 1 fully saturated rings. The molecule has 6 heteroatoms. The summed E-state index contributed by atoms with van der Waals surface area (Å²) in [6, 6.07) is 9.90. The van der Waals surface area contributed by atoms with Crippen LogP contribution in [0.15, 0.2) is 30.3 Å². The first-order valence-corrected chi connectivity index (χ1v) is 7.38. The Bertz CT molecular complexity index is 454. The molecule has 18 heavy (non-hydrogen) atoms. The second-order valence-electron chi connectivity index (χ2n) is 3.95. The molecule has 1 heterocycles. The summed E-state index contributed by atoms with van der Waals surface area (Å²) in [5.41, 5.74) is 1.16. The van der Waals surface area contributed by atoms with E-state index in [2.05, 4.69) is 15.9 Å². The van der Waals surface area contributed by atoms with Crippen LogP contribution in [-0.2, 0) is 15.3 Å². The summed E-state index contributed by atoms with van der Waals surface area (Å²) in [6.45, 7) is -0.229. The van der Waals surface area contributed by atoms with Crippen LogP contribution in [0, 0.1) is 0 Å². The number of benzene rings is 1. The number of hydrogen-bond acceptors (Lipinski definition) is 3. The van der Waals surface area contributed by atoms with Gasteiger partial charge in [-0.2, -0.15) is 0 Å². The minimum atomic E-state index is -0.979. The van der Waals surface area contributed by atoms with Crippen LogP contribution in [0.3, 0.4) is 0 Å². The molecule has 1 aromatic carbocycles. The van der Waals surface area contributed by atoms with Gasteiger partial charge < -0.3 is 10.0 Å². The van der Waals surface area contributed by atoms with E-state index < -0.39 is 5.97 Å². The van der Waals surface area contributed by atoms with Crippen molar-refractivity contribution in [3.8, 4) is 0 Å². The van der Waals surface area contributed by atoms with Crippen LogP contribution in [0.25, 0.3) is 0 Å². The number of hydrogen-bond donors (Lipinski definition) is 1. The zero-order chi connectivity index (χ0) is 13.1. The van der Waals surface area contributed by atoms with Crippen LogP contribution in [0.5, 0.6) is 0 Å². The van der Waals surface area contributed by atoms with Gasteiger partial charge in [0.1, 0.15) is 16.7 Å². The number of thioether (sulfide) groups is 1. The lowest BCUT2D eigenvalue weighted by Gasteiger charge is -2.43. The van der Waals surface area contributed by atoms with E-state index in [0.29, 0.717) is 0 Å². The number of β-lactam (4-membered cyclic amide) rings is 1. The zero-order valence-corrected chi connectivity index (χ0v) is 11.9. The van der Waals surface area contributed by atoms with Crippen LogP contribution >= 0.6 is 27.7 Å². The van der Waals surface area contributed by atoms with Crippen molar-refractivity contribution < 1.29 is 14.7 Å². The molecular weight excluding hydrogens is 318 g/mol. The summed E-state index contributed by atoms with van der Waals surface area (Å²) >= 11 is 4.86. The van der Waals surface area contributed by atoms with Crippen molar-refractivity contribution in [3.63, 3.8) is 0 Å². The van der Waals surface area contributed by atoms with Crippen LogP contribution in [0.4, 0.5) is 0 Å². The summed E-state index contributed by atoms with van der Waals surface area (Å²) < 4.78 is 0. The number of amides is 1. The van der Waals surface area contributed by atoms with Crippen molar-refractivity contribution in [2.24, 2.45) is 0 Å². The highest BCUT2D eigenvalue weighted by atomic mass is 79.9. The fourth-order valence-electron chi connectivity index (χ4n) is 1.73. The van der Waals surface area contributed by atoms with E-state index in [9.17, 15) is 9.59 Å². The largest absolute Gasteiger partial charge is 0.480 e. The van der Waals surface area contributed by atoms with Crippen LogP contribution in [0.2, 0.25) is 0 Å². The molecule has 1 N–H and O–H groups in total. The Labute approximate surface area is 117 Å². The van der Waals surface area contributed by atoms with Crippen molar-refractivity contribution in [2.75, 3.05) is 6.54 Å². The van der Waals surface area contributed by atoms with E-state index in [1.807, 2.05) is 30.3 Å². The lowest BCUT2D eigenvalue weighted by Crippen LogP contribution is -2.61. The van der Waals surface area contributed by atoms with Crippen molar-refractivity contribution in [3.05, 3.63) is 35.9 Å². The number of carbonyl (C=O) groups is 2. The third-order valence-electron chi connectivity index (χ3n) is 2.65. The number of alkyl halides is 1. The van der Waals surface area contributed by atoms with Gasteiger partial charge in [0.15, 0.2) is 0 Å². The van der Waals surface area contributed by atoms with Gasteiger partial charge in [-0.1, -0.05) is 46.3 Å². The Balaban J connectivity index is 1.92. The average Bonchev–Trinajstić information content (AvgIpc) is 2.38. The van der Waals surface area contributed by atoms with Gasteiger partial charge in [-0.15, -0.1) is 11.8 Å². The standard InChI is InChI=1S/C12H12BrNO3S/c13-10-11(17)14(6-9(15)16)12(10)18-7-8-4-2-1-3-5-8/h1-5,10,12H,6-7H2,(H,15,16)/t10-,12+/m0/s1. The Morgan fingerprint density at radius 2 is 2.06 bits per heavy atom. The second-order valence-corrected chi connectivity index (χ2v) is 6.04. The zero-order valence-electron chi connectivity index (χ0n) is 9.45. The maximum absolute atomic E-state index is 11.5. The predicted molar refractivity (Wildman–Crippen MR) is 73.6 cm³/mol. The molecule has 1 amide bonds. The fraction of sp³-hybridized carbons (Fsp3) is 0.333. The van der Waals surface area contributed by atoms with Crippen molar-refractivity contribution in [1.82, 2.24) is 4.90 Å². The van der Waals surface area contributed by atoms with E-state index in [1.54, 1.807) is 11.8 Å². The lowest BCUT2D eigenvalue weighted by atomic mass is 10.2. The molecule has 0 saturated carbocycles. The predicted octanol–water partition coefficient (Wildman–Crippen LogP) is 1.94. The molecule has 4 nitrogen and oxygen atoms in total. The molecule has 2 rings (SSSR count). The number of carboxylic acids is 1. The lowest BCUT2D eigenvalue weighted by molar-refractivity contribution is -0.150. The topological polar surface area (TPSA) is 57.6 Å². The van der Waals surface area contributed by atoms with Gasteiger partial charge >= 0.3 is 5.97 Å². The molecule has 1 saturated heterocycles. The highest BCUT2D eigenvalue weighted by Gasteiger charge is 2.46. The number of carboxylic acid groups (broad SMARTS) is 1. The van der Waals surface area contributed by atoms with Crippen molar-refractivity contribution >= 4 is 39.6 Å². The third-order valence-corrected chi connectivity index (χ3v) is 5.26. The van der Waals surface area contributed by atoms with Crippen LogP contribution < -0.4 is 0 Å². The molecule has 0 spiro atoms. The molecule has 96 valence electrons. The first kappa shape index (κ1) is 13.4. The highest BCUT2D eigenvalue weighted by Crippen LogP contribution is 2.36. The van der Waals surface area contributed by atoms with Gasteiger partial charge in [0.25, 0.3) is 0 Å². The van der Waals surface area contributed by atoms with E-state index in [1.165, 1.54) is 4.90 Å². The quantitative estimate of drug-likeness (QED) is 0.662. The average molecular weight is 330 g/mol. The number of aliphatic carboxylic acids is 1. The second kappa shape index (κ2) is 5.75. The summed E-state index contributed by atoms with van der Waals surface area (Å²) in [5.74, 6) is -0.368. The van der Waals surface area contributed by atoms with Gasteiger partial charge in [0, 0.05) is 5.75 Å². The first-order valence-electron chi connectivity index (χ1n) is 5.41. The van der Waals surface area contributed by atoms with E-state index >= 15 is 0 Å². The van der Waals surface area contributed by atoms with Crippen molar-refractivity contribution in [2.45, 2.75) is 16.0 Å². The summed E-state index contributed by atoms with van der Waals surface area (Å²) in [7, 11) is 0. The molecule has 0 unspecified atom stereocenters. The Morgan fingerprint density at radius 1 is 1.39 bits per heavy atom. The smallest absolute Gasteiger partial charge is 0.323 e. The molecule has 2 atom stereocenters. The maximum atomic E-state index is 11.5. The van der Waals surface area contributed by atoms with Crippen LogP contribution in [-0.4, -0.2) is 38.6 Å². The van der Waals surface area contributed by atoms with Gasteiger partial charge in [-0.05, 0) is 5.56 Å². The van der Waals surface area contributed by atoms with E-state index in [4.69, 9.17) is 5.11 Å². The monoisotopic (exact) mass is 329 g/mol. The Hall–Kier alpha value is -1.01. The molecule has 0 aliphatic carbocycles. The highest BCUT2D eigenvalue weighted by molar-refractivity contribution is 9.10. The Kier molecular flexibility index (Phi) is 4.29. The molecule has 1 aromatic rings.